The van der Waals surface area contributed by atoms with Gasteiger partial charge in [0.15, 0.2) is 0 Å². The molecule has 1 rings (SSSR count). The molecule has 0 aromatic heterocycles. The van der Waals surface area contributed by atoms with Crippen LogP contribution in [0.2, 0.25) is 0 Å². The number of rotatable bonds is 9. The van der Waals surface area contributed by atoms with Crippen LogP contribution in [0.3, 0.4) is 0 Å². The highest BCUT2D eigenvalue weighted by Crippen LogP contribution is 2.28. The van der Waals surface area contributed by atoms with Gasteiger partial charge in [-0.1, -0.05) is 29.8 Å². The molecule has 0 saturated carbocycles. The molecule has 0 aliphatic carbocycles. The van der Waals surface area contributed by atoms with Gasteiger partial charge in [0.05, 0.1) is 6.61 Å². The van der Waals surface area contributed by atoms with Gasteiger partial charge in [-0.25, -0.2) is 0 Å². The SMILES string of the molecule is COCCCOc1c(C)cc(Br)cc1CNCC(C)C. The maximum Gasteiger partial charge on any atom is 0.126 e. The highest BCUT2D eigenvalue weighted by atomic mass is 79.9. The van der Waals surface area contributed by atoms with E-state index < -0.39 is 0 Å². The third-order valence-electron chi connectivity index (χ3n) is 2.92. The van der Waals surface area contributed by atoms with Crippen LogP contribution in [-0.4, -0.2) is 26.9 Å². The van der Waals surface area contributed by atoms with Crippen molar-refractivity contribution in [3.8, 4) is 5.75 Å². The van der Waals surface area contributed by atoms with E-state index in [9.17, 15) is 0 Å². The quantitative estimate of drug-likeness (QED) is 0.689. The summed E-state index contributed by atoms with van der Waals surface area (Å²) in [5, 5.41) is 3.47. The zero-order valence-corrected chi connectivity index (χ0v) is 14.5. The Balaban J connectivity index is 2.68. The molecule has 1 N–H and O–H groups in total. The molecule has 1 aromatic rings. The van der Waals surface area contributed by atoms with Gasteiger partial charge < -0.3 is 14.8 Å². The normalized spacial score (nSPS) is 11.1. The Labute approximate surface area is 131 Å². The predicted octanol–water partition coefficient (Wildman–Crippen LogP) is 3.92. The summed E-state index contributed by atoms with van der Waals surface area (Å²) in [6.07, 6.45) is 0.908. The number of methoxy groups -OCH3 is 1. The van der Waals surface area contributed by atoms with E-state index in [0.29, 0.717) is 12.5 Å². The van der Waals surface area contributed by atoms with E-state index in [-0.39, 0.29) is 0 Å². The molecular weight excluding hydrogens is 318 g/mol. The number of benzene rings is 1. The molecule has 1 aromatic carbocycles. The van der Waals surface area contributed by atoms with Crippen LogP contribution in [0.25, 0.3) is 0 Å². The number of nitrogens with one attached hydrogen (secondary N) is 1. The minimum atomic E-state index is 0.648. The molecule has 0 heterocycles. The Morgan fingerprint density at radius 1 is 1.25 bits per heavy atom. The van der Waals surface area contributed by atoms with Crippen LogP contribution in [0.5, 0.6) is 5.75 Å². The van der Waals surface area contributed by atoms with E-state index in [1.54, 1.807) is 7.11 Å². The first-order valence-corrected chi connectivity index (χ1v) is 7.95. The van der Waals surface area contributed by atoms with Crippen LogP contribution in [0.1, 0.15) is 31.4 Å². The van der Waals surface area contributed by atoms with E-state index in [4.69, 9.17) is 9.47 Å². The fraction of sp³-hybridized carbons (Fsp3) is 0.625. The first-order chi connectivity index (χ1) is 9.54. The minimum absolute atomic E-state index is 0.648. The van der Waals surface area contributed by atoms with Crippen molar-refractivity contribution < 1.29 is 9.47 Å². The topological polar surface area (TPSA) is 30.5 Å². The summed E-state index contributed by atoms with van der Waals surface area (Å²) >= 11 is 3.56. The lowest BCUT2D eigenvalue weighted by Gasteiger charge is -2.16. The van der Waals surface area contributed by atoms with Gasteiger partial charge in [0.1, 0.15) is 5.75 Å². The van der Waals surface area contributed by atoms with Crippen molar-refractivity contribution in [3.05, 3.63) is 27.7 Å². The molecule has 4 heteroatoms. The molecule has 3 nitrogen and oxygen atoms in total. The Bertz CT molecular complexity index is 408. The Morgan fingerprint density at radius 2 is 2.00 bits per heavy atom. The molecular formula is C16H26BrNO2. The number of ether oxygens (including phenoxy) is 2. The van der Waals surface area contributed by atoms with E-state index in [1.165, 1.54) is 5.56 Å². The van der Waals surface area contributed by atoms with Gasteiger partial charge in [-0.15, -0.1) is 0 Å². The Kier molecular flexibility index (Phi) is 8.19. The lowest BCUT2D eigenvalue weighted by atomic mass is 10.1. The summed E-state index contributed by atoms with van der Waals surface area (Å²) in [5.41, 5.74) is 2.37. The van der Waals surface area contributed by atoms with Crippen molar-refractivity contribution in [2.45, 2.75) is 33.7 Å². The second kappa shape index (κ2) is 9.37. The maximum atomic E-state index is 5.94. The molecule has 0 fully saturated rings. The Hall–Kier alpha value is -0.580. The van der Waals surface area contributed by atoms with E-state index in [2.05, 4.69) is 54.2 Å². The van der Waals surface area contributed by atoms with Crippen molar-refractivity contribution in [2.75, 3.05) is 26.9 Å². The van der Waals surface area contributed by atoms with Crippen molar-refractivity contribution in [1.82, 2.24) is 5.32 Å². The van der Waals surface area contributed by atoms with Crippen LogP contribution in [0.15, 0.2) is 16.6 Å². The van der Waals surface area contributed by atoms with Crippen molar-refractivity contribution in [1.29, 1.82) is 0 Å². The molecule has 0 saturated heterocycles. The van der Waals surface area contributed by atoms with Crippen LogP contribution < -0.4 is 10.1 Å². The second-order valence-corrected chi connectivity index (χ2v) is 6.35. The summed E-state index contributed by atoms with van der Waals surface area (Å²) in [5.74, 6) is 1.65. The number of hydrogen-bond donors (Lipinski definition) is 1. The number of halogens is 1. The zero-order valence-electron chi connectivity index (χ0n) is 13.0. The average molecular weight is 344 g/mol. The van der Waals surface area contributed by atoms with Gasteiger partial charge in [0.2, 0.25) is 0 Å². The molecule has 0 unspecified atom stereocenters. The first kappa shape index (κ1) is 17.5. The molecule has 0 radical (unpaired) electrons. The van der Waals surface area contributed by atoms with Crippen molar-refractivity contribution in [2.24, 2.45) is 5.92 Å². The minimum Gasteiger partial charge on any atom is -0.493 e. The molecule has 0 bridgehead atoms. The summed E-state index contributed by atoms with van der Waals surface area (Å²) < 4.78 is 12.1. The van der Waals surface area contributed by atoms with Crippen LogP contribution >= 0.6 is 15.9 Å². The summed E-state index contributed by atoms with van der Waals surface area (Å²) in [4.78, 5) is 0. The number of hydrogen-bond acceptors (Lipinski definition) is 3. The molecule has 0 atom stereocenters. The molecule has 114 valence electrons. The van der Waals surface area contributed by atoms with Crippen molar-refractivity contribution in [3.63, 3.8) is 0 Å². The van der Waals surface area contributed by atoms with Gasteiger partial charge in [-0.2, -0.15) is 0 Å². The third-order valence-corrected chi connectivity index (χ3v) is 3.38. The van der Waals surface area contributed by atoms with Crippen LogP contribution in [0, 0.1) is 12.8 Å². The molecule has 20 heavy (non-hydrogen) atoms. The monoisotopic (exact) mass is 343 g/mol. The fourth-order valence-corrected chi connectivity index (χ4v) is 2.63. The smallest absolute Gasteiger partial charge is 0.126 e. The van der Waals surface area contributed by atoms with E-state index in [1.807, 2.05) is 0 Å². The molecule has 0 aliphatic rings. The highest BCUT2D eigenvalue weighted by molar-refractivity contribution is 9.10. The fourth-order valence-electron chi connectivity index (χ4n) is 2.01. The lowest BCUT2D eigenvalue weighted by molar-refractivity contribution is 0.171. The summed E-state index contributed by atoms with van der Waals surface area (Å²) in [6, 6.07) is 4.23. The second-order valence-electron chi connectivity index (χ2n) is 5.43. The molecule has 0 spiro atoms. The van der Waals surface area contributed by atoms with E-state index >= 15 is 0 Å². The van der Waals surface area contributed by atoms with Crippen molar-refractivity contribution >= 4 is 15.9 Å². The molecule has 0 aliphatic heterocycles. The lowest BCUT2D eigenvalue weighted by Crippen LogP contribution is -2.19. The standard InChI is InChI=1S/C16H26BrNO2/c1-12(2)10-18-11-14-9-15(17)8-13(3)16(14)20-7-5-6-19-4/h8-9,12,18H,5-7,10-11H2,1-4H3. The van der Waals surface area contributed by atoms with Gasteiger partial charge in [0.25, 0.3) is 0 Å². The largest absolute Gasteiger partial charge is 0.493 e. The van der Waals surface area contributed by atoms with E-state index in [0.717, 1.165) is 41.9 Å². The van der Waals surface area contributed by atoms with Gasteiger partial charge in [-0.3, -0.25) is 0 Å². The first-order valence-electron chi connectivity index (χ1n) is 7.16. The van der Waals surface area contributed by atoms with Crippen LogP contribution in [-0.2, 0) is 11.3 Å². The summed E-state index contributed by atoms with van der Waals surface area (Å²) in [6.45, 7) is 9.77. The van der Waals surface area contributed by atoms with Crippen LogP contribution in [0.4, 0.5) is 0 Å². The maximum absolute atomic E-state index is 5.94. The third kappa shape index (κ3) is 6.25. The zero-order chi connectivity index (χ0) is 15.0. The Morgan fingerprint density at radius 3 is 2.65 bits per heavy atom. The highest BCUT2D eigenvalue weighted by Gasteiger charge is 2.09. The summed E-state index contributed by atoms with van der Waals surface area (Å²) in [7, 11) is 1.71. The average Bonchev–Trinajstić information content (AvgIpc) is 2.36. The van der Waals surface area contributed by atoms with Gasteiger partial charge in [0, 0.05) is 36.7 Å². The number of aryl methyl sites for hydroxylation is 1. The predicted molar refractivity (Wildman–Crippen MR) is 87.4 cm³/mol. The molecule has 0 amide bonds. The van der Waals surface area contributed by atoms with Gasteiger partial charge in [-0.05, 0) is 37.1 Å². The van der Waals surface area contributed by atoms with Gasteiger partial charge >= 0.3 is 0 Å².